The van der Waals surface area contributed by atoms with Gasteiger partial charge in [-0.25, -0.2) is 19.9 Å². The van der Waals surface area contributed by atoms with Crippen molar-refractivity contribution < 1.29 is 0 Å². The predicted octanol–water partition coefficient (Wildman–Crippen LogP) is 0.794. The van der Waals surface area contributed by atoms with Crippen molar-refractivity contribution in [2.45, 2.75) is 30.1 Å². The summed E-state index contributed by atoms with van der Waals surface area (Å²) >= 11 is 1.15. The third kappa shape index (κ3) is 2.41. The zero-order valence-electron chi connectivity index (χ0n) is 9.62. The van der Waals surface area contributed by atoms with E-state index in [0.29, 0.717) is 16.7 Å². The Kier molecular flexibility index (Phi) is 3.74. The summed E-state index contributed by atoms with van der Waals surface area (Å²) in [6.07, 6.45) is 3.77. The van der Waals surface area contributed by atoms with Crippen molar-refractivity contribution in [1.82, 2.24) is 24.7 Å². The molecule has 2 aromatic rings. The standard InChI is InChI=1S/C10H10N6OS/c1-2-5-16-9(17)14-15-10(16)18-8-7(6-11)12-3-4-13-8/h3-4H,2,5H2,1H3,(H,14,17). The Bertz CT molecular complexity index is 640. The van der Waals surface area contributed by atoms with Crippen molar-refractivity contribution in [1.29, 1.82) is 5.26 Å². The lowest BCUT2D eigenvalue weighted by Crippen LogP contribution is -2.17. The number of nitrogens with zero attached hydrogens (tertiary/aromatic N) is 5. The van der Waals surface area contributed by atoms with Gasteiger partial charge in [-0.05, 0) is 18.2 Å². The monoisotopic (exact) mass is 262 g/mol. The molecule has 0 atom stereocenters. The second-order valence-electron chi connectivity index (χ2n) is 3.39. The van der Waals surface area contributed by atoms with Crippen molar-refractivity contribution in [2.24, 2.45) is 0 Å². The van der Waals surface area contributed by atoms with Gasteiger partial charge in [0.15, 0.2) is 10.9 Å². The van der Waals surface area contributed by atoms with Gasteiger partial charge in [0.1, 0.15) is 11.1 Å². The first-order chi connectivity index (χ1) is 8.76. The van der Waals surface area contributed by atoms with Gasteiger partial charge < -0.3 is 0 Å². The zero-order chi connectivity index (χ0) is 13.0. The third-order valence-electron chi connectivity index (χ3n) is 2.13. The van der Waals surface area contributed by atoms with Crippen molar-refractivity contribution in [3.63, 3.8) is 0 Å². The molecule has 0 aromatic carbocycles. The second kappa shape index (κ2) is 5.46. The van der Waals surface area contributed by atoms with E-state index in [-0.39, 0.29) is 11.4 Å². The van der Waals surface area contributed by atoms with Gasteiger partial charge in [0, 0.05) is 18.9 Å². The van der Waals surface area contributed by atoms with E-state index < -0.39 is 0 Å². The lowest BCUT2D eigenvalue weighted by molar-refractivity contribution is 0.603. The van der Waals surface area contributed by atoms with Crippen LogP contribution in [-0.2, 0) is 6.54 Å². The largest absolute Gasteiger partial charge is 0.343 e. The average molecular weight is 262 g/mol. The van der Waals surface area contributed by atoms with Crippen molar-refractivity contribution in [3.05, 3.63) is 28.6 Å². The third-order valence-corrected chi connectivity index (χ3v) is 3.12. The van der Waals surface area contributed by atoms with E-state index in [0.717, 1.165) is 18.2 Å². The zero-order valence-corrected chi connectivity index (χ0v) is 10.4. The molecular weight excluding hydrogens is 252 g/mol. The first-order valence-corrected chi connectivity index (χ1v) is 6.12. The van der Waals surface area contributed by atoms with Gasteiger partial charge in [-0.15, -0.1) is 5.10 Å². The van der Waals surface area contributed by atoms with E-state index >= 15 is 0 Å². The van der Waals surface area contributed by atoms with Gasteiger partial charge in [0.25, 0.3) is 0 Å². The summed E-state index contributed by atoms with van der Waals surface area (Å²) in [6, 6.07) is 1.95. The molecule has 0 amide bonds. The predicted molar refractivity (Wildman–Crippen MR) is 64.0 cm³/mol. The molecule has 2 heterocycles. The summed E-state index contributed by atoms with van der Waals surface area (Å²) in [7, 11) is 0. The van der Waals surface area contributed by atoms with Crippen LogP contribution in [0.5, 0.6) is 0 Å². The van der Waals surface area contributed by atoms with Gasteiger partial charge in [0.2, 0.25) is 0 Å². The topological polar surface area (TPSA) is 100 Å². The van der Waals surface area contributed by atoms with Gasteiger partial charge in [-0.1, -0.05) is 6.92 Å². The van der Waals surface area contributed by atoms with Crippen molar-refractivity contribution in [3.8, 4) is 6.07 Å². The summed E-state index contributed by atoms with van der Waals surface area (Å²) < 4.78 is 1.51. The van der Waals surface area contributed by atoms with Crippen LogP contribution in [0.1, 0.15) is 19.0 Å². The minimum absolute atomic E-state index is 0.223. The Morgan fingerprint density at radius 3 is 3.00 bits per heavy atom. The highest BCUT2D eigenvalue weighted by atomic mass is 32.2. The van der Waals surface area contributed by atoms with Gasteiger partial charge in [-0.2, -0.15) is 5.26 Å². The van der Waals surface area contributed by atoms with Crippen LogP contribution in [0.4, 0.5) is 0 Å². The fourth-order valence-corrected chi connectivity index (χ4v) is 2.22. The van der Waals surface area contributed by atoms with E-state index in [4.69, 9.17) is 5.26 Å². The molecule has 0 aliphatic rings. The van der Waals surface area contributed by atoms with Crippen LogP contribution in [0, 0.1) is 11.3 Å². The Morgan fingerprint density at radius 2 is 2.28 bits per heavy atom. The maximum Gasteiger partial charge on any atom is 0.343 e. The van der Waals surface area contributed by atoms with Crippen LogP contribution in [0.25, 0.3) is 0 Å². The number of hydrogen-bond donors (Lipinski definition) is 1. The van der Waals surface area contributed by atoms with Crippen LogP contribution in [0.15, 0.2) is 27.4 Å². The molecule has 8 heteroatoms. The minimum Gasteiger partial charge on any atom is -0.270 e. The van der Waals surface area contributed by atoms with Gasteiger partial charge >= 0.3 is 5.69 Å². The minimum atomic E-state index is -0.262. The van der Waals surface area contributed by atoms with E-state index in [9.17, 15) is 4.79 Å². The molecule has 0 saturated carbocycles. The molecule has 0 bridgehead atoms. The molecular formula is C10H10N6OS. The maximum atomic E-state index is 11.5. The SMILES string of the molecule is CCCn1c(Sc2nccnc2C#N)n[nH]c1=O. The number of aromatic amines is 1. The number of nitriles is 1. The molecule has 0 spiro atoms. The molecule has 92 valence electrons. The van der Waals surface area contributed by atoms with Gasteiger partial charge in [-0.3, -0.25) is 4.57 Å². The lowest BCUT2D eigenvalue weighted by Gasteiger charge is -2.03. The molecule has 1 N–H and O–H groups in total. The van der Waals surface area contributed by atoms with Crippen LogP contribution in [-0.4, -0.2) is 24.7 Å². The highest BCUT2D eigenvalue weighted by Gasteiger charge is 2.13. The number of rotatable bonds is 4. The van der Waals surface area contributed by atoms with E-state index in [1.54, 1.807) is 0 Å². The molecule has 0 aliphatic heterocycles. The highest BCUT2D eigenvalue weighted by Crippen LogP contribution is 2.24. The Balaban J connectivity index is 2.35. The molecule has 0 radical (unpaired) electrons. The molecule has 0 fully saturated rings. The molecule has 0 saturated heterocycles. The Morgan fingerprint density at radius 1 is 1.50 bits per heavy atom. The van der Waals surface area contributed by atoms with Crippen LogP contribution in [0.3, 0.4) is 0 Å². The fourth-order valence-electron chi connectivity index (χ4n) is 1.37. The van der Waals surface area contributed by atoms with Crippen LogP contribution in [0.2, 0.25) is 0 Å². The van der Waals surface area contributed by atoms with Crippen LogP contribution >= 0.6 is 11.8 Å². The summed E-state index contributed by atoms with van der Waals surface area (Å²) in [6.45, 7) is 2.54. The van der Waals surface area contributed by atoms with Gasteiger partial charge in [0.05, 0.1) is 0 Å². The first-order valence-electron chi connectivity index (χ1n) is 5.30. The molecule has 7 nitrogen and oxygen atoms in total. The summed E-state index contributed by atoms with van der Waals surface area (Å²) in [5.41, 5.74) is -0.0391. The first kappa shape index (κ1) is 12.3. The van der Waals surface area contributed by atoms with Crippen molar-refractivity contribution >= 4 is 11.8 Å². The fraction of sp³-hybridized carbons (Fsp3) is 0.300. The van der Waals surface area contributed by atoms with E-state index in [1.807, 2.05) is 13.0 Å². The highest BCUT2D eigenvalue weighted by molar-refractivity contribution is 7.99. The maximum absolute atomic E-state index is 11.5. The lowest BCUT2D eigenvalue weighted by atomic mass is 10.5. The van der Waals surface area contributed by atoms with E-state index in [2.05, 4.69) is 20.2 Å². The Hall–Kier alpha value is -2.14. The molecule has 18 heavy (non-hydrogen) atoms. The van der Waals surface area contributed by atoms with Crippen molar-refractivity contribution in [2.75, 3.05) is 0 Å². The number of hydrogen-bond acceptors (Lipinski definition) is 6. The normalized spacial score (nSPS) is 10.2. The van der Waals surface area contributed by atoms with Crippen LogP contribution < -0.4 is 5.69 Å². The molecule has 0 unspecified atom stereocenters. The quantitative estimate of drug-likeness (QED) is 0.874. The average Bonchev–Trinajstić information content (AvgIpc) is 2.73. The summed E-state index contributed by atoms with van der Waals surface area (Å²) in [5.74, 6) is 0. The summed E-state index contributed by atoms with van der Waals surface area (Å²) in [5, 5.41) is 16.1. The molecule has 0 aliphatic carbocycles. The number of nitrogens with one attached hydrogen (secondary N) is 1. The summed E-state index contributed by atoms with van der Waals surface area (Å²) in [4.78, 5) is 19.5. The second-order valence-corrected chi connectivity index (χ2v) is 4.34. The Labute approximate surface area is 107 Å². The van der Waals surface area contributed by atoms with E-state index in [1.165, 1.54) is 17.0 Å². The molecule has 2 rings (SSSR count). The molecule has 2 aromatic heterocycles. The number of H-pyrrole nitrogens is 1. The smallest absolute Gasteiger partial charge is 0.270 e. The number of aromatic nitrogens is 5.